The number of aromatic nitrogens is 3. The van der Waals surface area contributed by atoms with Crippen LogP contribution in [0.1, 0.15) is 17.1 Å². The van der Waals surface area contributed by atoms with Crippen molar-refractivity contribution >= 4 is 5.69 Å². The Morgan fingerprint density at radius 2 is 2.12 bits per heavy atom. The molecule has 2 rings (SSSR count). The normalized spacial score (nSPS) is 10.4. The van der Waals surface area contributed by atoms with Crippen molar-refractivity contribution in [3.8, 4) is 0 Å². The van der Waals surface area contributed by atoms with Gasteiger partial charge >= 0.3 is 0 Å². The van der Waals surface area contributed by atoms with E-state index in [1.807, 2.05) is 37.0 Å². The van der Waals surface area contributed by atoms with Gasteiger partial charge in [0.1, 0.15) is 0 Å². The quantitative estimate of drug-likeness (QED) is 0.853. The zero-order valence-electron chi connectivity index (χ0n) is 9.86. The van der Waals surface area contributed by atoms with E-state index in [0.717, 1.165) is 29.3 Å². The Kier molecular flexibility index (Phi) is 2.90. The van der Waals surface area contributed by atoms with E-state index in [4.69, 9.17) is 0 Å². The first-order valence-electron chi connectivity index (χ1n) is 5.33. The second-order valence-electron chi connectivity index (χ2n) is 3.87. The largest absolute Gasteiger partial charge is 0.388 e. The summed E-state index contributed by atoms with van der Waals surface area (Å²) in [6.45, 7) is 4.78. The molecule has 2 aromatic heterocycles. The second kappa shape index (κ2) is 4.35. The minimum absolute atomic E-state index is 0.717. The van der Waals surface area contributed by atoms with Crippen LogP contribution < -0.4 is 5.32 Å². The minimum Gasteiger partial charge on any atom is -0.388 e. The fourth-order valence-corrected chi connectivity index (χ4v) is 1.71. The Hall–Kier alpha value is -1.84. The van der Waals surface area contributed by atoms with Crippen LogP contribution in [0, 0.1) is 13.8 Å². The maximum Gasteiger partial charge on any atom is 0.0835 e. The first kappa shape index (κ1) is 10.7. The molecule has 0 radical (unpaired) electrons. The first-order chi connectivity index (χ1) is 7.69. The van der Waals surface area contributed by atoms with E-state index in [1.54, 1.807) is 0 Å². The molecule has 0 amide bonds. The van der Waals surface area contributed by atoms with E-state index in [9.17, 15) is 0 Å². The monoisotopic (exact) mass is 216 g/mol. The van der Waals surface area contributed by atoms with Gasteiger partial charge in [-0.1, -0.05) is 0 Å². The summed E-state index contributed by atoms with van der Waals surface area (Å²) < 4.78 is 1.97. The maximum absolute atomic E-state index is 4.42. The van der Waals surface area contributed by atoms with Gasteiger partial charge in [-0.3, -0.25) is 9.67 Å². The van der Waals surface area contributed by atoms with Crippen LogP contribution >= 0.6 is 0 Å². The lowest BCUT2D eigenvalue weighted by atomic mass is 10.3. The molecule has 0 fully saturated rings. The Labute approximate surface area is 95.3 Å². The summed E-state index contributed by atoms with van der Waals surface area (Å²) in [4.78, 5) is 4.33. The Balaban J connectivity index is 2.23. The fraction of sp³-hybridized carbons (Fsp3) is 0.333. The van der Waals surface area contributed by atoms with Crippen molar-refractivity contribution in [3.05, 3.63) is 41.5 Å². The molecule has 16 heavy (non-hydrogen) atoms. The van der Waals surface area contributed by atoms with E-state index in [2.05, 4.69) is 28.4 Å². The number of nitrogens with one attached hydrogen (secondary N) is 1. The van der Waals surface area contributed by atoms with E-state index < -0.39 is 0 Å². The predicted octanol–water partition coefficient (Wildman–Crippen LogP) is 1.98. The summed E-state index contributed by atoms with van der Waals surface area (Å²) in [5.74, 6) is 0. The number of hydrogen-bond acceptors (Lipinski definition) is 3. The lowest BCUT2D eigenvalue weighted by Crippen LogP contribution is -2.06. The third-order valence-corrected chi connectivity index (χ3v) is 2.52. The molecular weight excluding hydrogens is 200 g/mol. The zero-order chi connectivity index (χ0) is 11.5. The molecule has 0 saturated heterocycles. The number of anilines is 1. The van der Waals surface area contributed by atoms with Crippen molar-refractivity contribution in [3.63, 3.8) is 0 Å². The number of pyridine rings is 1. The Bertz CT molecular complexity index is 488. The van der Waals surface area contributed by atoms with E-state index in [1.165, 1.54) is 0 Å². The topological polar surface area (TPSA) is 42.7 Å². The van der Waals surface area contributed by atoms with Crippen molar-refractivity contribution in [2.75, 3.05) is 12.4 Å². The predicted molar refractivity (Wildman–Crippen MR) is 64.6 cm³/mol. The molecule has 84 valence electrons. The molecule has 2 heterocycles. The molecule has 0 aliphatic rings. The van der Waals surface area contributed by atoms with Crippen molar-refractivity contribution in [1.29, 1.82) is 0 Å². The van der Waals surface area contributed by atoms with Crippen LogP contribution in [0.3, 0.4) is 0 Å². The van der Waals surface area contributed by atoms with Gasteiger partial charge < -0.3 is 5.32 Å². The molecule has 0 aliphatic heterocycles. The second-order valence-corrected chi connectivity index (χ2v) is 3.87. The molecule has 0 unspecified atom stereocenters. The standard InChI is InChI=1S/C12H16N4/c1-9-6-10(2)16(15-9)8-12-7-11(13-3)4-5-14-12/h4-7H,8H2,1-3H3,(H,13,14). The van der Waals surface area contributed by atoms with Crippen LogP contribution in [-0.2, 0) is 6.54 Å². The maximum atomic E-state index is 4.42. The lowest BCUT2D eigenvalue weighted by molar-refractivity contribution is 0.647. The third-order valence-electron chi connectivity index (χ3n) is 2.52. The van der Waals surface area contributed by atoms with Crippen LogP contribution in [0.4, 0.5) is 5.69 Å². The number of hydrogen-bond donors (Lipinski definition) is 1. The van der Waals surface area contributed by atoms with Gasteiger partial charge in [0.05, 0.1) is 17.9 Å². The summed E-state index contributed by atoms with van der Waals surface area (Å²) in [5.41, 5.74) is 4.29. The average molecular weight is 216 g/mol. The third kappa shape index (κ3) is 2.21. The van der Waals surface area contributed by atoms with Gasteiger partial charge in [0.25, 0.3) is 0 Å². The summed E-state index contributed by atoms with van der Waals surface area (Å²) in [5, 5.41) is 7.52. The smallest absolute Gasteiger partial charge is 0.0835 e. The molecule has 0 atom stereocenters. The van der Waals surface area contributed by atoms with Crippen molar-refractivity contribution < 1.29 is 0 Å². The van der Waals surface area contributed by atoms with Gasteiger partial charge in [0.2, 0.25) is 0 Å². The van der Waals surface area contributed by atoms with Gasteiger partial charge in [0, 0.05) is 24.6 Å². The summed E-state index contributed by atoms with van der Waals surface area (Å²) in [6.07, 6.45) is 1.81. The summed E-state index contributed by atoms with van der Waals surface area (Å²) >= 11 is 0. The van der Waals surface area contributed by atoms with E-state index >= 15 is 0 Å². The average Bonchev–Trinajstić information content (AvgIpc) is 2.58. The molecule has 0 bridgehead atoms. The summed E-state index contributed by atoms with van der Waals surface area (Å²) in [7, 11) is 1.91. The first-order valence-corrected chi connectivity index (χ1v) is 5.33. The molecule has 2 aromatic rings. The molecule has 0 aliphatic carbocycles. The van der Waals surface area contributed by atoms with Crippen molar-refractivity contribution in [2.24, 2.45) is 0 Å². The van der Waals surface area contributed by atoms with Crippen LogP contribution in [0.2, 0.25) is 0 Å². The molecule has 0 aromatic carbocycles. The SMILES string of the molecule is CNc1ccnc(Cn2nc(C)cc2C)c1. The van der Waals surface area contributed by atoms with Gasteiger partial charge in [-0.25, -0.2) is 0 Å². The molecule has 0 spiro atoms. The van der Waals surface area contributed by atoms with Crippen LogP contribution in [0.25, 0.3) is 0 Å². The fourth-order valence-electron chi connectivity index (χ4n) is 1.71. The number of nitrogens with zero attached hydrogens (tertiary/aromatic N) is 3. The minimum atomic E-state index is 0.717. The number of aryl methyl sites for hydroxylation is 2. The van der Waals surface area contributed by atoms with Gasteiger partial charge in [-0.05, 0) is 32.0 Å². The van der Waals surface area contributed by atoms with Crippen LogP contribution in [-0.4, -0.2) is 21.8 Å². The lowest BCUT2D eigenvalue weighted by Gasteiger charge is -2.05. The molecular formula is C12H16N4. The number of rotatable bonds is 3. The summed E-state index contributed by atoms with van der Waals surface area (Å²) in [6, 6.07) is 6.06. The Morgan fingerprint density at radius 3 is 2.75 bits per heavy atom. The van der Waals surface area contributed by atoms with Crippen molar-refractivity contribution in [1.82, 2.24) is 14.8 Å². The zero-order valence-corrected chi connectivity index (χ0v) is 9.86. The highest BCUT2D eigenvalue weighted by Gasteiger charge is 2.03. The molecule has 4 nitrogen and oxygen atoms in total. The highest BCUT2D eigenvalue weighted by Crippen LogP contribution is 2.09. The van der Waals surface area contributed by atoms with Gasteiger partial charge in [-0.2, -0.15) is 5.10 Å². The van der Waals surface area contributed by atoms with Crippen LogP contribution in [0.15, 0.2) is 24.4 Å². The van der Waals surface area contributed by atoms with E-state index in [0.29, 0.717) is 0 Å². The Morgan fingerprint density at radius 1 is 1.31 bits per heavy atom. The van der Waals surface area contributed by atoms with Gasteiger partial charge in [0.15, 0.2) is 0 Å². The molecule has 4 heteroatoms. The highest BCUT2D eigenvalue weighted by atomic mass is 15.3. The van der Waals surface area contributed by atoms with E-state index in [-0.39, 0.29) is 0 Å². The molecule has 1 N–H and O–H groups in total. The molecule has 0 saturated carbocycles. The van der Waals surface area contributed by atoms with Crippen molar-refractivity contribution in [2.45, 2.75) is 20.4 Å². The van der Waals surface area contributed by atoms with Gasteiger partial charge in [-0.15, -0.1) is 0 Å². The highest BCUT2D eigenvalue weighted by molar-refractivity contribution is 5.42. The van der Waals surface area contributed by atoms with Crippen LogP contribution in [0.5, 0.6) is 0 Å².